The lowest BCUT2D eigenvalue weighted by molar-refractivity contribution is -0.118. The summed E-state index contributed by atoms with van der Waals surface area (Å²) in [7, 11) is 0. The highest BCUT2D eigenvalue weighted by molar-refractivity contribution is 6.30. The van der Waals surface area contributed by atoms with Crippen molar-refractivity contribution in [3.63, 3.8) is 0 Å². The van der Waals surface area contributed by atoms with E-state index in [1.54, 1.807) is 24.3 Å². The van der Waals surface area contributed by atoms with E-state index in [1.165, 1.54) is 6.07 Å². The highest BCUT2D eigenvalue weighted by Gasteiger charge is 2.06. The monoisotopic (exact) mass is 297 g/mol. The second-order valence-electron chi connectivity index (χ2n) is 3.92. The Labute approximate surface area is 119 Å². The first kappa shape index (κ1) is 14.3. The number of amides is 1. The molecule has 0 fully saturated rings. The molecule has 1 amide bonds. The Morgan fingerprint density at radius 3 is 2.45 bits per heavy atom. The van der Waals surface area contributed by atoms with Crippen LogP contribution in [0, 0.1) is 11.6 Å². The molecular formula is C14H10ClF2NO2. The molecule has 1 N–H and O–H groups in total. The molecule has 0 aliphatic rings. The van der Waals surface area contributed by atoms with Gasteiger partial charge in [0.05, 0.1) is 0 Å². The van der Waals surface area contributed by atoms with Crippen molar-refractivity contribution in [3.05, 3.63) is 59.1 Å². The van der Waals surface area contributed by atoms with Crippen molar-refractivity contribution in [1.29, 1.82) is 0 Å². The minimum Gasteiger partial charge on any atom is -0.484 e. The first-order valence-corrected chi connectivity index (χ1v) is 6.05. The smallest absolute Gasteiger partial charge is 0.262 e. The maximum atomic E-state index is 12.9. The van der Waals surface area contributed by atoms with E-state index in [0.29, 0.717) is 10.7 Å². The van der Waals surface area contributed by atoms with Crippen molar-refractivity contribution in [2.75, 3.05) is 11.9 Å². The number of hydrogen-bond acceptors (Lipinski definition) is 2. The summed E-state index contributed by atoms with van der Waals surface area (Å²) in [6, 6.07) is 9.59. The molecule has 0 atom stereocenters. The summed E-state index contributed by atoms with van der Waals surface area (Å²) in [6.45, 7) is -0.312. The van der Waals surface area contributed by atoms with Crippen molar-refractivity contribution in [1.82, 2.24) is 0 Å². The summed E-state index contributed by atoms with van der Waals surface area (Å²) < 4.78 is 30.7. The highest BCUT2D eigenvalue weighted by atomic mass is 35.5. The van der Waals surface area contributed by atoms with E-state index in [4.69, 9.17) is 16.3 Å². The van der Waals surface area contributed by atoms with Gasteiger partial charge >= 0.3 is 0 Å². The zero-order chi connectivity index (χ0) is 14.5. The van der Waals surface area contributed by atoms with Crippen LogP contribution < -0.4 is 10.1 Å². The minimum atomic E-state index is -1.03. The number of ether oxygens (including phenoxy) is 1. The van der Waals surface area contributed by atoms with Gasteiger partial charge in [0.2, 0.25) is 0 Å². The van der Waals surface area contributed by atoms with Gasteiger partial charge in [-0.2, -0.15) is 0 Å². The number of benzene rings is 2. The zero-order valence-electron chi connectivity index (χ0n) is 10.2. The van der Waals surface area contributed by atoms with E-state index in [-0.39, 0.29) is 12.4 Å². The van der Waals surface area contributed by atoms with Crippen LogP contribution in [0.25, 0.3) is 0 Å². The topological polar surface area (TPSA) is 38.3 Å². The standard InChI is InChI=1S/C14H10ClF2NO2/c15-9-1-3-10(4-2-9)18-14(19)8-20-11-5-6-12(16)13(17)7-11/h1-7H,8H2,(H,18,19). The van der Waals surface area contributed by atoms with Crippen LogP contribution in [-0.2, 0) is 4.79 Å². The molecule has 2 aromatic carbocycles. The summed E-state index contributed by atoms with van der Waals surface area (Å²) >= 11 is 5.71. The fourth-order valence-electron chi connectivity index (χ4n) is 1.45. The van der Waals surface area contributed by atoms with Gasteiger partial charge in [-0.3, -0.25) is 4.79 Å². The lowest BCUT2D eigenvalue weighted by Crippen LogP contribution is -2.20. The largest absolute Gasteiger partial charge is 0.484 e. The average molecular weight is 298 g/mol. The van der Waals surface area contributed by atoms with E-state index in [1.807, 2.05) is 0 Å². The maximum Gasteiger partial charge on any atom is 0.262 e. The molecule has 0 saturated heterocycles. The Morgan fingerprint density at radius 1 is 1.10 bits per heavy atom. The Hall–Kier alpha value is -2.14. The molecule has 0 radical (unpaired) electrons. The molecule has 0 spiro atoms. The highest BCUT2D eigenvalue weighted by Crippen LogP contribution is 2.16. The van der Waals surface area contributed by atoms with Crippen LogP contribution in [0.2, 0.25) is 5.02 Å². The van der Waals surface area contributed by atoms with Gasteiger partial charge in [-0.05, 0) is 36.4 Å². The lowest BCUT2D eigenvalue weighted by Gasteiger charge is -2.07. The Bertz CT molecular complexity index is 617. The van der Waals surface area contributed by atoms with Crippen LogP contribution in [0.5, 0.6) is 5.75 Å². The zero-order valence-corrected chi connectivity index (χ0v) is 11.0. The number of nitrogens with one attached hydrogen (secondary N) is 1. The molecule has 0 unspecified atom stereocenters. The van der Waals surface area contributed by atoms with Crippen LogP contribution in [0.15, 0.2) is 42.5 Å². The van der Waals surface area contributed by atoms with Gasteiger partial charge in [0, 0.05) is 16.8 Å². The van der Waals surface area contributed by atoms with Gasteiger partial charge in [-0.1, -0.05) is 11.6 Å². The predicted octanol–water partition coefficient (Wildman–Crippen LogP) is 3.64. The number of carbonyl (C=O) groups excluding carboxylic acids is 1. The maximum absolute atomic E-state index is 12.9. The molecule has 0 heterocycles. The van der Waals surface area contributed by atoms with Crippen molar-refractivity contribution >= 4 is 23.2 Å². The van der Waals surface area contributed by atoms with Crippen LogP contribution in [0.4, 0.5) is 14.5 Å². The van der Waals surface area contributed by atoms with E-state index < -0.39 is 17.5 Å². The lowest BCUT2D eigenvalue weighted by atomic mass is 10.3. The fourth-order valence-corrected chi connectivity index (χ4v) is 1.57. The number of carbonyl (C=O) groups is 1. The summed E-state index contributed by atoms with van der Waals surface area (Å²) in [5, 5.41) is 3.13. The second-order valence-corrected chi connectivity index (χ2v) is 4.36. The Balaban J connectivity index is 1.88. The van der Waals surface area contributed by atoms with Crippen molar-refractivity contribution in [2.45, 2.75) is 0 Å². The van der Waals surface area contributed by atoms with Gasteiger partial charge in [-0.15, -0.1) is 0 Å². The van der Waals surface area contributed by atoms with Crippen molar-refractivity contribution in [3.8, 4) is 5.75 Å². The first-order chi connectivity index (χ1) is 9.54. The third-order valence-electron chi connectivity index (χ3n) is 2.39. The second kappa shape index (κ2) is 6.34. The summed E-state index contributed by atoms with van der Waals surface area (Å²) in [6.07, 6.45) is 0. The molecule has 6 heteroatoms. The van der Waals surface area contributed by atoms with E-state index in [0.717, 1.165) is 12.1 Å². The van der Waals surface area contributed by atoms with Gasteiger partial charge in [0.25, 0.3) is 5.91 Å². The van der Waals surface area contributed by atoms with E-state index in [2.05, 4.69) is 5.32 Å². The molecular weight excluding hydrogens is 288 g/mol. The number of hydrogen-bond donors (Lipinski definition) is 1. The molecule has 3 nitrogen and oxygen atoms in total. The van der Waals surface area contributed by atoms with Crippen LogP contribution >= 0.6 is 11.6 Å². The summed E-state index contributed by atoms with van der Waals surface area (Å²) in [4.78, 5) is 11.6. The Morgan fingerprint density at radius 2 is 1.80 bits per heavy atom. The number of rotatable bonds is 4. The number of halogens is 3. The average Bonchev–Trinajstić information content (AvgIpc) is 2.43. The predicted molar refractivity (Wildman–Crippen MR) is 71.9 cm³/mol. The third-order valence-corrected chi connectivity index (χ3v) is 2.64. The quantitative estimate of drug-likeness (QED) is 0.936. The first-order valence-electron chi connectivity index (χ1n) is 5.68. The molecule has 0 saturated carbocycles. The van der Waals surface area contributed by atoms with Gasteiger partial charge in [0.1, 0.15) is 5.75 Å². The van der Waals surface area contributed by atoms with Gasteiger partial charge < -0.3 is 10.1 Å². The molecule has 0 aliphatic heterocycles. The van der Waals surface area contributed by atoms with E-state index in [9.17, 15) is 13.6 Å². The molecule has 104 valence electrons. The third kappa shape index (κ3) is 3.93. The number of anilines is 1. The molecule has 0 aliphatic carbocycles. The minimum absolute atomic E-state index is 0.0788. The normalized spacial score (nSPS) is 10.2. The molecule has 20 heavy (non-hydrogen) atoms. The van der Waals surface area contributed by atoms with Crippen LogP contribution in [-0.4, -0.2) is 12.5 Å². The van der Waals surface area contributed by atoms with Gasteiger partial charge in [-0.25, -0.2) is 8.78 Å². The fraction of sp³-hybridized carbons (Fsp3) is 0.0714. The van der Waals surface area contributed by atoms with Crippen LogP contribution in [0.3, 0.4) is 0 Å². The Kier molecular flexibility index (Phi) is 4.53. The van der Waals surface area contributed by atoms with Crippen molar-refractivity contribution in [2.24, 2.45) is 0 Å². The molecule has 0 bridgehead atoms. The van der Waals surface area contributed by atoms with Gasteiger partial charge in [0.15, 0.2) is 18.2 Å². The van der Waals surface area contributed by atoms with E-state index >= 15 is 0 Å². The van der Waals surface area contributed by atoms with Crippen LogP contribution in [0.1, 0.15) is 0 Å². The molecule has 2 rings (SSSR count). The SMILES string of the molecule is O=C(COc1ccc(F)c(F)c1)Nc1ccc(Cl)cc1. The summed E-state index contributed by atoms with van der Waals surface area (Å²) in [5.41, 5.74) is 0.563. The summed E-state index contributed by atoms with van der Waals surface area (Å²) in [5.74, 6) is -2.34. The van der Waals surface area contributed by atoms with Crippen molar-refractivity contribution < 1.29 is 18.3 Å². The molecule has 2 aromatic rings. The molecule has 0 aromatic heterocycles.